The Balaban J connectivity index is 0.000000932. The quantitative estimate of drug-likeness (QED) is 0.138. The number of rotatable bonds is 2. The van der Waals surface area contributed by atoms with E-state index in [9.17, 15) is 9.81 Å². The minimum Gasteiger partial charge on any atom is -0.145 e. The first-order valence-corrected chi connectivity index (χ1v) is 8.77. The van der Waals surface area contributed by atoms with Crippen molar-refractivity contribution in [2.24, 2.45) is 10.4 Å². The number of benzene rings is 5. The zero-order valence-electron chi connectivity index (χ0n) is 15.1. The van der Waals surface area contributed by atoms with Crippen LogP contribution < -0.4 is 0 Å². The summed E-state index contributed by atoms with van der Waals surface area (Å²) in [6.07, 6.45) is 0. The van der Waals surface area contributed by atoms with E-state index in [-0.39, 0.29) is 11.4 Å². The van der Waals surface area contributed by atoms with Gasteiger partial charge in [-0.3, -0.25) is 0 Å². The van der Waals surface area contributed by atoms with Gasteiger partial charge >= 0.3 is 0 Å². The van der Waals surface area contributed by atoms with E-state index in [1.807, 2.05) is 24.3 Å². The van der Waals surface area contributed by atoms with Gasteiger partial charge in [0.2, 0.25) is 0 Å². The van der Waals surface area contributed by atoms with Gasteiger partial charge < -0.3 is 0 Å². The van der Waals surface area contributed by atoms with Crippen LogP contribution in [0.4, 0.5) is 11.4 Å². The van der Waals surface area contributed by atoms with Crippen molar-refractivity contribution in [1.29, 1.82) is 0 Å². The summed E-state index contributed by atoms with van der Waals surface area (Å²) in [4.78, 5) is 22.3. The summed E-state index contributed by atoms with van der Waals surface area (Å²) in [5, 5.41) is 14.2. The van der Waals surface area contributed by atoms with Gasteiger partial charge in [-0.15, -0.1) is 23.0 Å². The Morgan fingerprint density at radius 2 is 1.07 bits per heavy atom. The Morgan fingerprint density at radius 3 is 1.71 bits per heavy atom. The summed E-state index contributed by atoms with van der Waals surface area (Å²) >= 11 is 0. The third-order valence-corrected chi connectivity index (χ3v) is 4.98. The summed E-state index contributed by atoms with van der Waals surface area (Å²) in [7, 11) is 0. The Morgan fingerprint density at radius 1 is 0.536 bits per heavy atom. The minimum atomic E-state index is 0.0672. The third kappa shape index (κ3) is 2.63. The smallest absolute Gasteiger partial charge is 0.145 e. The molecule has 0 amide bonds. The second-order valence-corrected chi connectivity index (χ2v) is 6.40. The fourth-order valence-corrected chi connectivity index (χ4v) is 3.71. The Bertz CT molecular complexity index is 1390. The van der Waals surface area contributed by atoms with Crippen molar-refractivity contribution in [3.05, 3.63) is 95.8 Å². The van der Waals surface area contributed by atoms with E-state index in [0.29, 0.717) is 5.39 Å². The summed E-state index contributed by atoms with van der Waals surface area (Å²) in [5.74, 6) is 0. The van der Waals surface area contributed by atoms with E-state index < -0.39 is 0 Å². The van der Waals surface area contributed by atoms with Crippen molar-refractivity contribution < 1.29 is 0 Å². The fraction of sp³-hybridized carbons (Fsp3) is 0. The van der Waals surface area contributed by atoms with Crippen LogP contribution in [-0.4, -0.2) is 0 Å². The minimum absolute atomic E-state index is 0.0672. The van der Waals surface area contributed by atoms with Crippen LogP contribution in [0.15, 0.2) is 96.3 Å². The molecule has 5 aromatic carbocycles. The number of hydrogen-bond acceptors (Lipinski definition) is 4. The average molecular weight is 364 g/mol. The lowest BCUT2D eigenvalue weighted by Crippen LogP contribution is -1.82. The van der Waals surface area contributed by atoms with E-state index in [1.165, 1.54) is 11.5 Å². The molecular formula is C24H16N2O2. The Kier molecular flexibility index (Phi) is 4.38. The van der Waals surface area contributed by atoms with Crippen molar-refractivity contribution in [2.45, 2.75) is 0 Å². The van der Waals surface area contributed by atoms with Crippen LogP contribution >= 0.6 is 0 Å². The molecule has 4 nitrogen and oxygen atoms in total. The van der Waals surface area contributed by atoms with E-state index in [2.05, 4.69) is 59.9 Å². The lowest BCUT2D eigenvalue weighted by molar-refractivity contribution is 1.45. The molecule has 4 heteroatoms. The van der Waals surface area contributed by atoms with Crippen LogP contribution in [0.2, 0.25) is 0 Å². The average Bonchev–Trinajstić information content (AvgIpc) is 2.77. The molecule has 0 aliphatic rings. The number of fused-ring (bicyclic) bond motifs is 5. The predicted octanol–water partition coefficient (Wildman–Crippen LogP) is 7.90. The molecule has 0 saturated heterocycles. The summed E-state index contributed by atoms with van der Waals surface area (Å²) in [5.41, 5.74) is 0.162. The van der Waals surface area contributed by atoms with Crippen molar-refractivity contribution in [1.82, 2.24) is 0 Å². The highest BCUT2D eigenvalue weighted by atomic mass is 16.3. The topological polar surface area (TPSA) is 58.9 Å². The molecule has 5 rings (SSSR count). The standard InChI is InChI=1S/C22H12N2O2.C2H4/c25-23-21-8-7-17-10-16-6-5-15-9-13-3-1-2-4-14(13)11-18(15)19(16)12-20(17)22(21)24-26;1-2/h1-12H;1-2H2. The van der Waals surface area contributed by atoms with Crippen molar-refractivity contribution >= 4 is 54.5 Å². The molecule has 0 unspecified atom stereocenters. The largest absolute Gasteiger partial charge is 0.145 e. The first-order chi connectivity index (χ1) is 13.8. The third-order valence-electron chi connectivity index (χ3n) is 4.98. The molecule has 0 aliphatic carbocycles. The first-order valence-electron chi connectivity index (χ1n) is 8.77. The van der Waals surface area contributed by atoms with Crippen LogP contribution in [0, 0.1) is 9.81 Å². The van der Waals surface area contributed by atoms with Gasteiger partial charge in [-0.2, -0.15) is 0 Å². The molecule has 0 saturated carbocycles. The summed E-state index contributed by atoms with van der Waals surface area (Å²) in [6.45, 7) is 6.00. The highest BCUT2D eigenvalue weighted by Crippen LogP contribution is 2.39. The van der Waals surface area contributed by atoms with E-state index >= 15 is 0 Å². The van der Waals surface area contributed by atoms with Crippen LogP contribution in [0.1, 0.15) is 0 Å². The van der Waals surface area contributed by atoms with Crippen molar-refractivity contribution in [3.63, 3.8) is 0 Å². The number of hydrogen-bond donors (Lipinski definition) is 0. The highest BCUT2D eigenvalue weighted by Gasteiger charge is 2.12. The van der Waals surface area contributed by atoms with Gasteiger partial charge in [-0.1, -0.05) is 42.5 Å². The predicted molar refractivity (Wildman–Crippen MR) is 119 cm³/mol. The number of nitrogens with zero attached hydrogens (tertiary/aromatic N) is 2. The molecule has 5 aromatic rings. The van der Waals surface area contributed by atoms with Gasteiger partial charge in [0.05, 0.1) is 0 Å². The molecule has 0 aliphatic heterocycles. The molecule has 0 N–H and O–H groups in total. The molecule has 0 spiro atoms. The molecule has 28 heavy (non-hydrogen) atoms. The summed E-state index contributed by atoms with van der Waals surface area (Å²) in [6, 6.07) is 24.0. The molecule has 0 fully saturated rings. The van der Waals surface area contributed by atoms with Crippen LogP contribution in [0.25, 0.3) is 43.1 Å². The van der Waals surface area contributed by atoms with Gasteiger partial charge in [0.25, 0.3) is 0 Å². The van der Waals surface area contributed by atoms with Gasteiger partial charge in [0.15, 0.2) is 0 Å². The van der Waals surface area contributed by atoms with Crippen LogP contribution in [-0.2, 0) is 0 Å². The second-order valence-electron chi connectivity index (χ2n) is 6.40. The SMILES string of the molecule is C=C.O=Nc1ccc2cc3ccc4cc5ccccc5cc4c3cc2c1N=O. The molecule has 0 bridgehead atoms. The second kappa shape index (κ2) is 7.00. The highest BCUT2D eigenvalue weighted by molar-refractivity contribution is 6.16. The van der Waals surface area contributed by atoms with E-state index in [4.69, 9.17) is 0 Å². The molecular weight excluding hydrogens is 348 g/mol. The molecule has 0 atom stereocenters. The zero-order chi connectivity index (χ0) is 19.7. The maximum atomic E-state index is 11.3. The monoisotopic (exact) mass is 364 g/mol. The maximum absolute atomic E-state index is 11.3. The molecule has 134 valence electrons. The van der Waals surface area contributed by atoms with Gasteiger partial charge in [0, 0.05) is 5.39 Å². The van der Waals surface area contributed by atoms with Crippen molar-refractivity contribution in [3.8, 4) is 0 Å². The van der Waals surface area contributed by atoms with Crippen LogP contribution in [0.3, 0.4) is 0 Å². The fourth-order valence-electron chi connectivity index (χ4n) is 3.71. The van der Waals surface area contributed by atoms with Crippen molar-refractivity contribution in [2.75, 3.05) is 0 Å². The molecule has 0 heterocycles. The molecule has 0 aromatic heterocycles. The lowest BCUT2D eigenvalue weighted by Gasteiger charge is -2.09. The lowest BCUT2D eigenvalue weighted by atomic mass is 9.95. The zero-order valence-corrected chi connectivity index (χ0v) is 15.1. The van der Waals surface area contributed by atoms with Gasteiger partial charge in [-0.05, 0) is 78.4 Å². The maximum Gasteiger partial charge on any atom is 0.145 e. The van der Waals surface area contributed by atoms with E-state index in [0.717, 1.165) is 32.3 Å². The Hall–Kier alpha value is -3.92. The van der Waals surface area contributed by atoms with Gasteiger partial charge in [0.1, 0.15) is 11.4 Å². The summed E-state index contributed by atoms with van der Waals surface area (Å²) < 4.78 is 0. The van der Waals surface area contributed by atoms with Crippen LogP contribution in [0.5, 0.6) is 0 Å². The Labute approximate surface area is 161 Å². The van der Waals surface area contributed by atoms with E-state index in [1.54, 1.807) is 6.07 Å². The number of nitroso groups, excluding NO2 is 2. The first kappa shape index (κ1) is 17.5. The molecule has 0 radical (unpaired) electrons. The normalized spacial score (nSPS) is 10.7. The van der Waals surface area contributed by atoms with Gasteiger partial charge in [-0.25, -0.2) is 0 Å².